The summed E-state index contributed by atoms with van der Waals surface area (Å²) in [5.41, 5.74) is 5.29. The SMILES string of the molecule is Cn1ccc(=O)n1CCN. The van der Waals surface area contributed by atoms with Gasteiger partial charge in [0.15, 0.2) is 0 Å². The van der Waals surface area contributed by atoms with Crippen molar-refractivity contribution in [3.63, 3.8) is 0 Å². The normalized spacial score (nSPS) is 10.2. The van der Waals surface area contributed by atoms with Crippen molar-refractivity contribution in [2.45, 2.75) is 6.54 Å². The molecule has 1 rings (SSSR count). The number of aromatic nitrogens is 2. The fraction of sp³-hybridized carbons (Fsp3) is 0.500. The van der Waals surface area contributed by atoms with E-state index in [9.17, 15) is 4.79 Å². The summed E-state index contributed by atoms with van der Waals surface area (Å²) in [6.45, 7) is 1.08. The molecular weight excluding hydrogens is 130 g/mol. The van der Waals surface area contributed by atoms with E-state index in [2.05, 4.69) is 0 Å². The number of nitrogens with two attached hydrogens (primary N) is 1. The van der Waals surface area contributed by atoms with Crippen LogP contribution in [0.4, 0.5) is 0 Å². The summed E-state index contributed by atoms with van der Waals surface area (Å²) in [6.07, 6.45) is 1.72. The van der Waals surface area contributed by atoms with E-state index >= 15 is 0 Å². The first-order valence-corrected chi connectivity index (χ1v) is 3.18. The van der Waals surface area contributed by atoms with E-state index in [-0.39, 0.29) is 5.56 Å². The first-order chi connectivity index (χ1) is 4.75. The van der Waals surface area contributed by atoms with Gasteiger partial charge < -0.3 is 5.73 Å². The Morgan fingerprint density at radius 3 is 2.80 bits per heavy atom. The van der Waals surface area contributed by atoms with Crippen molar-refractivity contribution < 1.29 is 0 Å². The Hall–Kier alpha value is -1.03. The molecule has 56 valence electrons. The minimum Gasteiger partial charge on any atom is -0.329 e. The summed E-state index contributed by atoms with van der Waals surface area (Å²) in [4.78, 5) is 10.9. The molecule has 4 heteroatoms. The minimum atomic E-state index is 0.00736. The summed E-state index contributed by atoms with van der Waals surface area (Å²) in [5.74, 6) is 0. The number of rotatable bonds is 2. The van der Waals surface area contributed by atoms with Crippen LogP contribution in [0.15, 0.2) is 17.1 Å². The lowest BCUT2D eigenvalue weighted by Crippen LogP contribution is -2.25. The third kappa shape index (κ3) is 1.11. The molecule has 1 aromatic heterocycles. The number of hydrogen-bond acceptors (Lipinski definition) is 2. The quantitative estimate of drug-likeness (QED) is 0.583. The molecule has 2 N–H and O–H groups in total. The van der Waals surface area contributed by atoms with Crippen molar-refractivity contribution in [2.24, 2.45) is 12.8 Å². The molecule has 0 saturated carbocycles. The zero-order valence-corrected chi connectivity index (χ0v) is 5.95. The van der Waals surface area contributed by atoms with Crippen LogP contribution in [0.25, 0.3) is 0 Å². The van der Waals surface area contributed by atoms with Gasteiger partial charge in [-0.05, 0) is 0 Å². The molecule has 0 radical (unpaired) electrons. The second-order valence-electron chi connectivity index (χ2n) is 2.14. The molecule has 4 nitrogen and oxygen atoms in total. The van der Waals surface area contributed by atoms with Crippen LogP contribution in [0.3, 0.4) is 0 Å². The Bertz CT molecular complexity index is 260. The lowest BCUT2D eigenvalue weighted by molar-refractivity contribution is 0.503. The first-order valence-electron chi connectivity index (χ1n) is 3.18. The van der Waals surface area contributed by atoms with Gasteiger partial charge in [0.1, 0.15) is 0 Å². The maximum absolute atomic E-state index is 10.9. The summed E-state index contributed by atoms with van der Waals surface area (Å²) >= 11 is 0. The van der Waals surface area contributed by atoms with Gasteiger partial charge in [-0.3, -0.25) is 9.48 Å². The third-order valence-corrected chi connectivity index (χ3v) is 1.41. The van der Waals surface area contributed by atoms with Gasteiger partial charge in [-0.2, -0.15) is 0 Å². The molecule has 0 amide bonds. The van der Waals surface area contributed by atoms with E-state index in [0.717, 1.165) is 0 Å². The van der Waals surface area contributed by atoms with Crippen LogP contribution in [-0.2, 0) is 13.6 Å². The molecule has 0 atom stereocenters. The number of hydrogen-bond donors (Lipinski definition) is 1. The average Bonchev–Trinajstić information content (AvgIpc) is 2.20. The first kappa shape index (κ1) is 7.08. The standard InChI is InChI=1S/C6H11N3O/c1-8-4-2-6(10)9(8)5-3-7/h2,4H,3,5,7H2,1H3. The average molecular weight is 141 g/mol. The van der Waals surface area contributed by atoms with Crippen LogP contribution < -0.4 is 11.3 Å². The van der Waals surface area contributed by atoms with Crippen LogP contribution in [0, 0.1) is 0 Å². The highest BCUT2D eigenvalue weighted by Gasteiger charge is 1.95. The summed E-state index contributed by atoms with van der Waals surface area (Å²) in [6, 6.07) is 1.52. The van der Waals surface area contributed by atoms with Crippen molar-refractivity contribution in [3.8, 4) is 0 Å². The smallest absolute Gasteiger partial charge is 0.266 e. The van der Waals surface area contributed by atoms with Gasteiger partial charge in [-0.1, -0.05) is 0 Å². The zero-order valence-electron chi connectivity index (χ0n) is 5.95. The largest absolute Gasteiger partial charge is 0.329 e. The lowest BCUT2D eigenvalue weighted by Gasteiger charge is -2.02. The maximum Gasteiger partial charge on any atom is 0.266 e. The van der Waals surface area contributed by atoms with E-state index in [1.165, 1.54) is 6.07 Å². The molecular formula is C6H11N3O. The molecule has 0 saturated heterocycles. The Balaban J connectivity index is 2.99. The van der Waals surface area contributed by atoms with E-state index in [1.54, 1.807) is 15.6 Å². The fourth-order valence-corrected chi connectivity index (χ4v) is 0.884. The number of aryl methyl sites for hydroxylation is 1. The van der Waals surface area contributed by atoms with Gasteiger partial charge in [0.05, 0.1) is 6.54 Å². The summed E-state index contributed by atoms with van der Waals surface area (Å²) in [7, 11) is 1.82. The van der Waals surface area contributed by atoms with Gasteiger partial charge in [0.25, 0.3) is 5.56 Å². The van der Waals surface area contributed by atoms with Gasteiger partial charge in [0.2, 0.25) is 0 Å². The Labute approximate surface area is 58.8 Å². The van der Waals surface area contributed by atoms with Crippen molar-refractivity contribution >= 4 is 0 Å². The molecule has 0 aromatic carbocycles. The van der Waals surface area contributed by atoms with E-state index in [4.69, 9.17) is 5.73 Å². The molecule has 0 aliphatic carbocycles. The molecule has 0 aliphatic rings. The molecule has 0 spiro atoms. The van der Waals surface area contributed by atoms with E-state index in [0.29, 0.717) is 13.1 Å². The fourth-order valence-electron chi connectivity index (χ4n) is 0.884. The molecule has 0 fully saturated rings. The lowest BCUT2D eigenvalue weighted by atomic mass is 10.6. The predicted octanol–water partition coefficient (Wildman–Crippen LogP) is -0.854. The summed E-state index contributed by atoms with van der Waals surface area (Å²) < 4.78 is 3.31. The topological polar surface area (TPSA) is 53.0 Å². The maximum atomic E-state index is 10.9. The molecule has 0 unspecified atom stereocenters. The molecule has 0 bridgehead atoms. The molecule has 10 heavy (non-hydrogen) atoms. The monoisotopic (exact) mass is 141 g/mol. The van der Waals surface area contributed by atoms with Crippen LogP contribution >= 0.6 is 0 Å². The zero-order chi connectivity index (χ0) is 7.56. The van der Waals surface area contributed by atoms with Crippen LogP contribution in [0.2, 0.25) is 0 Å². The van der Waals surface area contributed by atoms with Crippen molar-refractivity contribution in [2.75, 3.05) is 6.54 Å². The summed E-state index contributed by atoms with van der Waals surface area (Å²) in [5, 5.41) is 0. The van der Waals surface area contributed by atoms with Crippen molar-refractivity contribution in [1.82, 2.24) is 9.36 Å². The van der Waals surface area contributed by atoms with E-state index in [1.807, 2.05) is 7.05 Å². The molecule has 1 aromatic rings. The van der Waals surface area contributed by atoms with Gasteiger partial charge in [-0.15, -0.1) is 0 Å². The van der Waals surface area contributed by atoms with Gasteiger partial charge in [-0.25, -0.2) is 4.68 Å². The third-order valence-electron chi connectivity index (χ3n) is 1.41. The predicted molar refractivity (Wildman–Crippen MR) is 38.7 cm³/mol. The Kier molecular flexibility index (Phi) is 1.91. The highest BCUT2D eigenvalue weighted by Crippen LogP contribution is 1.79. The van der Waals surface area contributed by atoms with Crippen molar-refractivity contribution in [3.05, 3.63) is 22.6 Å². The van der Waals surface area contributed by atoms with Crippen molar-refractivity contribution in [1.29, 1.82) is 0 Å². The Morgan fingerprint density at radius 2 is 2.40 bits per heavy atom. The Morgan fingerprint density at radius 1 is 1.70 bits per heavy atom. The van der Waals surface area contributed by atoms with Gasteiger partial charge in [0, 0.05) is 25.9 Å². The second-order valence-corrected chi connectivity index (χ2v) is 2.14. The van der Waals surface area contributed by atoms with E-state index < -0.39 is 0 Å². The molecule has 1 heterocycles. The molecule has 0 aliphatic heterocycles. The van der Waals surface area contributed by atoms with Gasteiger partial charge >= 0.3 is 0 Å². The number of nitrogens with zero attached hydrogens (tertiary/aromatic N) is 2. The van der Waals surface area contributed by atoms with Crippen LogP contribution in [-0.4, -0.2) is 15.9 Å². The minimum absolute atomic E-state index is 0.00736. The van der Waals surface area contributed by atoms with Crippen LogP contribution in [0.1, 0.15) is 0 Å². The highest BCUT2D eigenvalue weighted by molar-refractivity contribution is 4.82. The second kappa shape index (κ2) is 2.70. The van der Waals surface area contributed by atoms with Crippen LogP contribution in [0.5, 0.6) is 0 Å². The highest BCUT2D eigenvalue weighted by atomic mass is 16.1.